The van der Waals surface area contributed by atoms with Crippen LogP contribution in [0.15, 0.2) is 79.0 Å². The van der Waals surface area contributed by atoms with Crippen molar-refractivity contribution in [1.29, 1.82) is 0 Å². The number of carbonyl (C=O) groups excluding carboxylic acids is 3. The van der Waals surface area contributed by atoms with Crippen molar-refractivity contribution in [3.05, 3.63) is 101 Å². The molecule has 7 nitrogen and oxygen atoms in total. The molecule has 38 heavy (non-hydrogen) atoms. The van der Waals surface area contributed by atoms with Gasteiger partial charge < -0.3 is 10.3 Å². The second-order valence-electron chi connectivity index (χ2n) is 10.3. The van der Waals surface area contributed by atoms with Crippen molar-refractivity contribution in [2.24, 2.45) is 11.8 Å². The summed E-state index contributed by atoms with van der Waals surface area (Å²) in [6.45, 7) is 0.272. The molecule has 0 radical (unpaired) electrons. The lowest BCUT2D eigenvalue weighted by Crippen LogP contribution is -2.53. The fourth-order valence-electron chi connectivity index (χ4n) is 6.67. The molecule has 2 fully saturated rings. The zero-order valence-electron chi connectivity index (χ0n) is 20.4. The summed E-state index contributed by atoms with van der Waals surface area (Å²) < 4.78 is 0. The Labute approximate surface area is 224 Å². The van der Waals surface area contributed by atoms with Crippen molar-refractivity contribution in [1.82, 2.24) is 15.2 Å². The van der Waals surface area contributed by atoms with Gasteiger partial charge in [-0.15, -0.1) is 0 Å². The van der Waals surface area contributed by atoms with Gasteiger partial charge in [0.15, 0.2) is 0 Å². The highest BCUT2D eigenvalue weighted by molar-refractivity contribution is 6.35. The van der Waals surface area contributed by atoms with Crippen LogP contribution in [0.2, 0.25) is 5.02 Å². The molecule has 4 aromatic rings. The van der Waals surface area contributed by atoms with Crippen LogP contribution in [-0.2, 0) is 32.8 Å². The number of anilines is 1. The molecule has 190 valence electrons. The predicted molar refractivity (Wildman–Crippen MR) is 145 cm³/mol. The molecular weight excluding hydrogens is 500 g/mol. The zero-order chi connectivity index (χ0) is 26.0. The van der Waals surface area contributed by atoms with Crippen LogP contribution in [0.25, 0.3) is 10.9 Å². The van der Waals surface area contributed by atoms with E-state index in [2.05, 4.69) is 15.6 Å². The number of aromatic amines is 1. The number of benzene rings is 3. The van der Waals surface area contributed by atoms with Crippen molar-refractivity contribution in [3.8, 4) is 0 Å². The van der Waals surface area contributed by atoms with Crippen LogP contribution in [0, 0.1) is 11.8 Å². The second-order valence-corrected chi connectivity index (χ2v) is 10.7. The molecule has 2 saturated heterocycles. The molecule has 1 aromatic heterocycles. The number of nitrogens with one attached hydrogen (secondary N) is 3. The summed E-state index contributed by atoms with van der Waals surface area (Å²) in [4.78, 5) is 46.4. The molecule has 0 saturated carbocycles. The first-order valence-corrected chi connectivity index (χ1v) is 13.2. The van der Waals surface area contributed by atoms with Gasteiger partial charge in [-0.2, -0.15) is 0 Å². The third-order valence-corrected chi connectivity index (χ3v) is 8.69. The van der Waals surface area contributed by atoms with Gasteiger partial charge in [-0.25, -0.2) is 0 Å². The zero-order valence-corrected chi connectivity index (χ0v) is 21.2. The van der Waals surface area contributed by atoms with Crippen molar-refractivity contribution in [3.63, 3.8) is 0 Å². The molecule has 3 aromatic carbocycles. The van der Waals surface area contributed by atoms with Crippen LogP contribution in [0.4, 0.5) is 5.69 Å². The Morgan fingerprint density at radius 1 is 0.895 bits per heavy atom. The minimum absolute atomic E-state index is 0.228. The van der Waals surface area contributed by atoms with Crippen LogP contribution < -0.4 is 10.6 Å². The summed E-state index contributed by atoms with van der Waals surface area (Å²) in [5.41, 5.74) is 2.83. The van der Waals surface area contributed by atoms with E-state index in [1.54, 1.807) is 12.1 Å². The number of hydrogen-bond donors (Lipinski definition) is 3. The van der Waals surface area contributed by atoms with E-state index >= 15 is 0 Å². The minimum atomic E-state index is -1.37. The number of nitrogens with zero attached hydrogens (tertiary/aromatic N) is 1. The highest BCUT2D eigenvalue weighted by atomic mass is 35.5. The highest BCUT2D eigenvalue weighted by Gasteiger charge is 2.70. The molecule has 0 unspecified atom stereocenters. The molecule has 3 aliphatic rings. The normalized spacial score (nSPS) is 25.9. The van der Waals surface area contributed by atoms with Crippen molar-refractivity contribution in [2.45, 2.75) is 24.4 Å². The maximum Gasteiger partial charge on any atom is 0.250 e. The standard InChI is InChI=1S/C30H25ClN4O3/c31-21-11-6-10-20-26(21)33-29(38)30(20)25-24(23(34-30)15-18-16-32-22-12-5-4-9-19(18)22)27(36)35(28(25)37)14-13-17-7-2-1-3-8-17/h1-12,16,23-25,32,34H,13-15H2,(H,33,38)/t23-,24-,25+,30+/m1/s1. The van der Waals surface area contributed by atoms with E-state index in [0.717, 1.165) is 22.0 Å². The maximum atomic E-state index is 14.0. The fourth-order valence-corrected chi connectivity index (χ4v) is 6.89. The van der Waals surface area contributed by atoms with E-state index in [1.807, 2.05) is 66.9 Å². The van der Waals surface area contributed by atoms with Crippen LogP contribution in [-0.4, -0.2) is 40.2 Å². The Bertz CT molecular complexity index is 1620. The lowest BCUT2D eigenvalue weighted by molar-refractivity contribution is -0.142. The van der Waals surface area contributed by atoms with Gasteiger partial charge in [0.05, 0.1) is 22.5 Å². The van der Waals surface area contributed by atoms with Gasteiger partial charge >= 0.3 is 0 Å². The molecule has 3 N–H and O–H groups in total. The lowest BCUT2D eigenvalue weighted by atomic mass is 9.76. The summed E-state index contributed by atoms with van der Waals surface area (Å²) in [5, 5.41) is 7.88. The quantitative estimate of drug-likeness (QED) is 0.344. The van der Waals surface area contributed by atoms with E-state index in [1.165, 1.54) is 4.90 Å². The Morgan fingerprint density at radius 3 is 2.53 bits per heavy atom. The summed E-state index contributed by atoms with van der Waals surface area (Å²) in [6.07, 6.45) is 2.99. The Hall–Kier alpha value is -3.94. The van der Waals surface area contributed by atoms with E-state index in [9.17, 15) is 14.4 Å². The SMILES string of the molecule is O=C1[C@H]2[C@@H](C(=O)N1CCc1ccccc1)[C@]1(N[C@@H]2Cc2c[nH]c3ccccc23)C(=O)Nc2c(Cl)cccc21. The summed E-state index contributed by atoms with van der Waals surface area (Å²) >= 11 is 6.46. The largest absolute Gasteiger partial charge is 0.361 e. The fraction of sp³-hybridized carbons (Fsp3) is 0.233. The highest BCUT2D eigenvalue weighted by Crippen LogP contribution is 2.54. The first-order valence-electron chi connectivity index (χ1n) is 12.8. The number of halogens is 1. The molecule has 7 rings (SSSR count). The molecule has 0 bridgehead atoms. The molecule has 1 spiro atoms. The van der Waals surface area contributed by atoms with Gasteiger partial charge in [0, 0.05) is 35.2 Å². The summed E-state index contributed by atoms with van der Waals surface area (Å²) in [6, 6.07) is 22.7. The number of fused-ring (bicyclic) bond motifs is 5. The number of rotatable bonds is 5. The van der Waals surface area contributed by atoms with Crippen molar-refractivity contribution in [2.75, 3.05) is 11.9 Å². The first kappa shape index (κ1) is 23.2. The third-order valence-electron chi connectivity index (χ3n) is 8.37. The topological polar surface area (TPSA) is 94.3 Å². The molecule has 3 amide bonds. The average Bonchev–Trinajstić information content (AvgIpc) is 3.64. The monoisotopic (exact) mass is 524 g/mol. The number of carbonyl (C=O) groups is 3. The molecular formula is C30H25ClN4O3. The van der Waals surface area contributed by atoms with E-state index in [0.29, 0.717) is 29.1 Å². The van der Waals surface area contributed by atoms with Gasteiger partial charge in [-0.3, -0.25) is 24.6 Å². The number of aromatic nitrogens is 1. The number of para-hydroxylation sites is 2. The Morgan fingerprint density at radius 2 is 1.68 bits per heavy atom. The second kappa shape index (κ2) is 8.55. The van der Waals surface area contributed by atoms with Crippen molar-refractivity contribution < 1.29 is 14.4 Å². The molecule has 0 aliphatic carbocycles. The van der Waals surface area contributed by atoms with Gasteiger partial charge in [0.2, 0.25) is 17.7 Å². The third kappa shape index (κ3) is 3.22. The summed E-state index contributed by atoms with van der Waals surface area (Å²) in [5.74, 6) is -2.42. The van der Waals surface area contributed by atoms with E-state index < -0.39 is 23.4 Å². The van der Waals surface area contributed by atoms with Crippen LogP contribution in [0.3, 0.4) is 0 Å². The number of imide groups is 1. The number of likely N-dealkylation sites (tertiary alicyclic amines) is 1. The van der Waals surface area contributed by atoms with Crippen LogP contribution in [0.1, 0.15) is 16.7 Å². The van der Waals surface area contributed by atoms with Gasteiger partial charge in [0.1, 0.15) is 5.54 Å². The number of H-pyrrole nitrogens is 1. The maximum absolute atomic E-state index is 14.0. The first-order chi connectivity index (χ1) is 18.5. The number of amides is 3. The minimum Gasteiger partial charge on any atom is -0.361 e. The number of hydrogen-bond acceptors (Lipinski definition) is 4. The van der Waals surface area contributed by atoms with E-state index in [-0.39, 0.29) is 24.3 Å². The van der Waals surface area contributed by atoms with Crippen molar-refractivity contribution >= 4 is 45.9 Å². The molecule has 4 atom stereocenters. The Kier molecular flexibility index (Phi) is 5.22. The van der Waals surface area contributed by atoms with Crippen LogP contribution in [0.5, 0.6) is 0 Å². The lowest BCUT2D eigenvalue weighted by Gasteiger charge is -2.29. The van der Waals surface area contributed by atoms with Gasteiger partial charge in [-0.1, -0.05) is 72.3 Å². The predicted octanol–water partition coefficient (Wildman–Crippen LogP) is 4.03. The molecule has 8 heteroatoms. The summed E-state index contributed by atoms with van der Waals surface area (Å²) in [7, 11) is 0. The van der Waals surface area contributed by atoms with Crippen LogP contribution >= 0.6 is 11.6 Å². The average molecular weight is 525 g/mol. The molecule has 3 aliphatic heterocycles. The smallest absolute Gasteiger partial charge is 0.250 e. The van der Waals surface area contributed by atoms with E-state index in [4.69, 9.17) is 11.6 Å². The van der Waals surface area contributed by atoms with Gasteiger partial charge in [0.25, 0.3) is 0 Å². The molecule has 4 heterocycles. The Balaban J connectivity index is 1.30. The van der Waals surface area contributed by atoms with Gasteiger partial charge in [-0.05, 0) is 36.1 Å².